The molecule has 1 heterocycles. The molecule has 0 radical (unpaired) electrons. The molecule has 0 aliphatic rings. The molecule has 2 N–H and O–H groups in total. The predicted molar refractivity (Wildman–Crippen MR) is 65.7 cm³/mol. The Morgan fingerprint density at radius 2 is 2.00 bits per heavy atom. The molecule has 0 unspecified atom stereocenters. The van der Waals surface area contributed by atoms with Gasteiger partial charge in [-0.25, -0.2) is 0 Å². The van der Waals surface area contributed by atoms with E-state index in [4.69, 9.17) is 17.3 Å². The lowest BCUT2D eigenvalue weighted by molar-refractivity contribution is 0.761. The van der Waals surface area contributed by atoms with E-state index in [-0.39, 0.29) is 5.56 Å². The van der Waals surface area contributed by atoms with Crippen LogP contribution in [0.15, 0.2) is 47.4 Å². The number of anilines is 1. The van der Waals surface area contributed by atoms with Crippen molar-refractivity contribution in [3.63, 3.8) is 0 Å². The van der Waals surface area contributed by atoms with Gasteiger partial charge in [-0.05, 0) is 18.2 Å². The first-order valence-electron chi connectivity index (χ1n) is 4.87. The minimum atomic E-state index is -0.0678. The van der Waals surface area contributed by atoms with E-state index in [9.17, 15) is 4.79 Å². The normalized spacial score (nSPS) is 10.3. The second-order valence-electron chi connectivity index (χ2n) is 3.47. The first kappa shape index (κ1) is 10.8. The molecule has 0 aliphatic heterocycles. The Morgan fingerprint density at radius 3 is 2.69 bits per heavy atom. The van der Waals surface area contributed by atoms with Crippen LogP contribution in [-0.4, -0.2) is 4.57 Å². The largest absolute Gasteiger partial charge is 0.398 e. The number of nitrogen functional groups attached to an aromatic ring is 1. The summed E-state index contributed by atoms with van der Waals surface area (Å²) in [6, 6.07) is 10.3. The second-order valence-corrected chi connectivity index (χ2v) is 3.88. The highest BCUT2D eigenvalue weighted by atomic mass is 35.5. The van der Waals surface area contributed by atoms with E-state index in [2.05, 4.69) is 0 Å². The van der Waals surface area contributed by atoms with Crippen molar-refractivity contribution in [1.82, 2.24) is 4.57 Å². The van der Waals surface area contributed by atoms with Crippen molar-refractivity contribution in [2.45, 2.75) is 6.54 Å². The molecular formula is C12H11ClN2O. The molecule has 0 aliphatic carbocycles. The Labute approximate surface area is 98.1 Å². The van der Waals surface area contributed by atoms with Crippen LogP contribution in [0.25, 0.3) is 0 Å². The van der Waals surface area contributed by atoms with Crippen LogP contribution in [-0.2, 0) is 6.54 Å². The van der Waals surface area contributed by atoms with Gasteiger partial charge >= 0.3 is 0 Å². The molecule has 1 aromatic heterocycles. The summed E-state index contributed by atoms with van der Waals surface area (Å²) in [5, 5.41) is 0.579. The van der Waals surface area contributed by atoms with Gasteiger partial charge in [-0.3, -0.25) is 4.79 Å². The SMILES string of the molecule is Nc1cccc(Cl)c1Cn1ccccc1=O. The van der Waals surface area contributed by atoms with E-state index in [1.165, 1.54) is 6.07 Å². The van der Waals surface area contributed by atoms with Crippen molar-refractivity contribution in [3.05, 3.63) is 63.5 Å². The van der Waals surface area contributed by atoms with E-state index in [1.54, 1.807) is 41.1 Å². The number of hydrogen-bond acceptors (Lipinski definition) is 2. The molecule has 0 saturated carbocycles. The van der Waals surface area contributed by atoms with Gasteiger partial charge < -0.3 is 10.3 Å². The van der Waals surface area contributed by atoms with Gasteiger partial charge in [0.25, 0.3) is 5.56 Å². The summed E-state index contributed by atoms with van der Waals surface area (Å²) in [6.45, 7) is 0.394. The van der Waals surface area contributed by atoms with Crippen molar-refractivity contribution in [2.24, 2.45) is 0 Å². The zero-order valence-electron chi connectivity index (χ0n) is 8.56. The summed E-state index contributed by atoms with van der Waals surface area (Å²) in [4.78, 5) is 11.5. The van der Waals surface area contributed by atoms with Crippen LogP contribution < -0.4 is 11.3 Å². The van der Waals surface area contributed by atoms with Crippen LogP contribution >= 0.6 is 11.6 Å². The van der Waals surface area contributed by atoms with Gasteiger partial charge in [-0.15, -0.1) is 0 Å². The molecule has 0 saturated heterocycles. The lowest BCUT2D eigenvalue weighted by Gasteiger charge is -2.09. The fraction of sp³-hybridized carbons (Fsp3) is 0.0833. The van der Waals surface area contributed by atoms with Crippen LogP contribution in [0, 0.1) is 0 Å². The average Bonchev–Trinajstić information content (AvgIpc) is 2.26. The fourth-order valence-corrected chi connectivity index (χ4v) is 1.75. The van der Waals surface area contributed by atoms with Crippen LogP contribution in [0.2, 0.25) is 5.02 Å². The molecule has 16 heavy (non-hydrogen) atoms. The van der Waals surface area contributed by atoms with Crippen molar-refractivity contribution < 1.29 is 0 Å². The number of aromatic nitrogens is 1. The molecule has 0 bridgehead atoms. The van der Waals surface area contributed by atoms with Gasteiger partial charge in [-0.1, -0.05) is 23.7 Å². The average molecular weight is 235 g/mol. The molecule has 82 valence electrons. The number of rotatable bonds is 2. The van der Waals surface area contributed by atoms with Gasteiger partial charge in [0.15, 0.2) is 0 Å². The summed E-state index contributed by atoms with van der Waals surface area (Å²) in [5.74, 6) is 0. The Morgan fingerprint density at radius 1 is 1.19 bits per heavy atom. The molecule has 4 heteroatoms. The number of nitrogens with zero attached hydrogens (tertiary/aromatic N) is 1. The monoisotopic (exact) mass is 234 g/mol. The number of hydrogen-bond donors (Lipinski definition) is 1. The van der Waals surface area contributed by atoms with Gasteiger partial charge in [0, 0.05) is 28.5 Å². The molecule has 3 nitrogen and oxygen atoms in total. The third-order valence-electron chi connectivity index (χ3n) is 2.38. The fourth-order valence-electron chi connectivity index (χ4n) is 1.50. The Balaban J connectivity index is 2.42. The summed E-state index contributed by atoms with van der Waals surface area (Å²) in [6.07, 6.45) is 1.71. The Hall–Kier alpha value is -1.74. The first-order valence-corrected chi connectivity index (χ1v) is 5.24. The van der Waals surface area contributed by atoms with Crippen LogP contribution in [0.4, 0.5) is 5.69 Å². The van der Waals surface area contributed by atoms with E-state index >= 15 is 0 Å². The zero-order chi connectivity index (χ0) is 11.5. The van der Waals surface area contributed by atoms with E-state index in [0.717, 1.165) is 5.56 Å². The number of nitrogens with two attached hydrogens (primary N) is 1. The summed E-state index contributed by atoms with van der Waals surface area (Å²) in [5.41, 5.74) is 7.13. The maximum absolute atomic E-state index is 11.5. The number of benzene rings is 1. The van der Waals surface area contributed by atoms with Crippen molar-refractivity contribution >= 4 is 17.3 Å². The molecule has 0 spiro atoms. The van der Waals surface area contributed by atoms with Crippen molar-refractivity contribution in [3.8, 4) is 0 Å². The quantitative estimate of drug-likeness (QED) is 0.810. The lowest BCUT2D eigenvalue weighted by atomic mass is 10.2. The van der Waals surface area contributed by atoms with Crippen LogP contribution in [0.1, 0.15) is 5.56 Å². The van der Waals surface area contributed by atoms with E-state index in [1.807, 2.05) is 0 Å². The van der Waals surface area contributed by atoms with Crippen LogP contribution in [0.3, 0.4) is 0 Å². The van der Waals surface area contributed by atoms with E-state index < -0.39 is 0 Å². The molecule has 0 amide bonds. The van der Waals surface area contributed by atoms with Crippen molar-refractivity contribution in [1.29, 1.82) is 0 Å². The van der Waals surface area contributed by atoms with E-state index in [0.29, 0.717) is 17.3 Å². The summed E-state index contributed by atoms with van der Waals surface area (Å²) < 4.78 is 1.57. The molecule has 0 atom stereocenters. The highest BCUT2D eigenvalue weighted by Gasteiger charge is 2.05. The molecular weight excluding hydrogens is 224 g/mol. The third kappa shape index (κ3) is 2.09. The predicted octanol–water partition coefficient (Wildman–Crippen LogP) is 2.13. The topological polar surface area (TPSA) is 48.0 Å². The summed E-state index contributed by atoms with van der Waals surface area (Å²) >= 11 is 6.04. The smallest absolute Gasteiger partial charge is 0.250 e. The van der Waals surface area contributed by atoms with Gasteiger partial charge in [0.05, 0.1) is 6.54 Å². The first-order chi connectivity index (χ1) is 7.68. The highest BCUT2D eigenvalue weighted by Crippen LogP contribution is 2.22. The number of pyridine rings is 1. The second kappa shape index (κ2) is 4.41. The van der Waals surface area contributed by atoms with Crippen molar-refractivity contribution in [2.75, 3.05) is 5.73 Å². The molecule has 0 fully saturated rings. The third-order valence-corrected chi connectivity index (χ3v) is 2.74. The maximum Gasteiger partial charge on any atom is 0.250 e. The minimum absolute atomic E-state index is 0.0678. The molecule has 1 aromatic carbocycles. The zero-order valence-corrected chi connectivity index (χ0v) is 9.32. The van der Waals surface area contributed by atoms with Gasteiger partial charge in [0.2, 0.25) is 0 Å². The molecule has 2 aromatic rings. The van der Waals surface area contributed by atoms with Gasteiger partial charge in [0.1, 0.15) is 0 Å². The number of halogens is 1. The Bertz CT molecular complexity index is 543. The lowest BCUT2D eigenvalue weighted by Crippen LogP contribution is -2.19. The maximum atomic E-state index is 11.5. The standard InChI is InChI=1S/C12H11ClN2O/c13-10-4-3-5-11(14)9(10)8-15-7-2-1-6-12(15)16/h1-7H,8,14H2. The minimum Gasteiger partial charge on any atom is -0.398 e. The Kier molecular flexibility index (Phi) is 2.97. The van der Waals surface area contributed by atoms with Crippen LogP contribution in [0.5, 0.6) is 0 Å². The summed E-state index contributed by atoms with van der Waals surface area (Å²) in [7, 11) is 0. The highest BCUT2D eigenvalue weighted by molar-refractivity contribution is 6.31. The van der Waals surface area contributed by atoms with Gasteiger partial charge in [-0.2, -0.15) is 0 Å². The molecule has 2 rings (SSSR count).